The highest BCUT2D eigenvalue weighted by molar-refractivity contribution is 6.02. The molecule has 1 aromatic rings. The summed E-state index contributed by atoms with van der Waals surface area (Å²) in [4.78, 5) is 12.9. The molecule has 0 spiro atoms. The van der Waals surface area contributed by atoms with Crippen LogP contribution in [0.4, 0.5) is 0 Å². The van der Waals surface area contributed by atoms with E-state index in [1.807, 2.05) is 38.1 Å². The van der Waals surface area contributed by atoms with Gasteiger partial charge in [0.2, 0.25) is 0 Å². The lowest BCUT2D eigenvalue weighted by molar-refractivity contribution is -0.0474. The Hall–Kier alpha value is -1.35. The van der Waals surface area contributed by atoms with Gasteiger partial charge in [0, 0.05) is 12.2 Å². The van der Waals surface area contributed by atoms with E-state index in [4.69, 9.17) is 9.47 Å². The Morgan fingerprint density at radius 2 is 1.76 bits per heavy atom. The monoisotopic (exact) mass is 290 g/mol. The highest BCUT2D eigenvalue weighted by Crippen LogP contribution is 2.37. The number of carbonyl (C=O) groups excluding carboxylic acids is 1. The van der Waals surface area contributed by atoms with Gasteiger partial charge in [-0.05, 0) is 69.7 Å². The number of carbonyl (C=O) groups is 1. The molecule has 1 aliphatic rings. The Bertz CT molecular complexity index is 456. The highest BCUT2D eigenvalue weighted by atomic mass is 16.5. The van der Waals surface area contributed by atoms with E-state index in [2.05, 4.69) is 6.92 Å². The van der Waals surface area contributed by atoms with Crippen molar-refractivity contribution < 1.29 is 14.3 Å². The van der Waals surface area contributed by atoms with Crippen molar-refractivity contribution in [3.8, 4) is 5.75 Å². The van der Waals surface area contributed by atoms with Crippen molar-refractivity contribution in [2.24, 2.45) is 5.92 Å². The molecule has 3 heteroatoms. The molecule has 1 aliphatic carbocycles. The Morgan fingerprint density at radius 3 is 2.29 bits per heavy atom. The van der Waals surface area contributed by atoms with Crippen LogP contribution in [0.3, 0.4) is 0 Å². The van der Waals surface area contributed by atoms with Crippen LogP contribution in [-0.4, -0.2) is 24.6 Å². The van der Waals surface area contributed by atoms with Gasteiger partial charge in [0.1, 0.15) is 11.4 Å². The Labute approximate surface area is 127 Å². The fourth-order valence-electron chi connectivity index (χ4n) is 3.07. The summed E-state index contributed by atoms with van der Waals surface area (Å²) >= 11 is 0. The standard InChI is InChI=1S/C18H26O3/c1-4-20-16-8-6-15(7-9-16)17(19)18(21-5-2)12-10-14(3)11-13-18/h6-9,14H,4-5,10-13H2,1-3H3. The zero-order chi connectivity index (χ0) is 15.3. The van der Waals surface area contributed by atoms with E-state index >= 15 is 0 Å². The largest absolute Gasteiger partial charge is 0.494 e. The van der Waals surface area contributed by atoms with Gasteiger partial charge in [-0.25, -0.2) is 0 Å². The summed E-state index contributed by atoms with van der Waals surface area (Å²) in [5.74, 6) is 1.61. The molecule has 2 rings (SSSR count). The normalized spacial score (nSPS) is 25.6. The SMILES string of the molecule is CCOc1ccc(C(=O)C2(OCC)CCC(C)CC2)cc1. The van der Waals surface area contributed by atoms with Crippen molar-refractivity contribution in [2.75, 3.05) is 13.2 Å². The Balaban J connectivity index is 2.18. The maximum absolute atomic E-state index is 12.9. The van der Waals surface area contributed by atoms with E-state index < -0.39 is 5.60 Å². The van der Waals surface area contributed by atoms with Crippen molar-refractivity contribution in [3.63, 3.8) is 0 Å². The lowest BCUT2D eigenvalue weighted by atomic mass is 9.75. The Morgan fingerprint density at radius 1 is 1.14 bits per heavy atom. The third kappa shape index (κ3) is 3.65. The molecular weight excluding hydrogens is 264 g/mol. The second-order valence-electron chi connectivity index (χ2n) is 5.90. The van der Waals surface area contributed by atoms with Crippen molar-refractivity contribution in [1.29, 1.82) is 0 Å². The van der Waals surface area contributed by atoms with Gasteiger partial charge < -0.3 is 9.47 Å². The number of benzene rings is 1. The van der Waals surface area contributed by atoms with Gasteiger partial charge in [0.05, 0.1) is 6.61 Å². The summed E-state index contributed by atoms with van der Waals surface area (Å²) in [6, 6.07) is 7.43. The lowest BCUT2D eigenvalue weighted by Gasteiger charge is -2.37. The van der Waals surface area contributed by atoms with E-state index in [0.717, 1.165) is 37.0 Å². The van der Waals surface area contributed by atoms with Crippen LogP contribution in [0.1, 0.15) is 56.8 Å². The second-order valence-corrected chi connectivity index (χ2v) is 5.90. The first-order chi connectivity index (χ1) is 10.1. The molecule has 0 atom stereocenters. The minimum Gasteiger partial charge on any atom is -0.494 e. The molecule has 116 valence electrons. The molecule has 0 heterocycles. The molecular formula is C18H26O3. The number of ketones is 1. The molecule has 3 nitrogen and oxygen atoms in total. The fourth-order valence-corrected chi connectivity index (χ4v) is 3.07. The van der Waals surface area contributed by atoms with Crippen LogP contribution >= 0.6 is 0 Å². The van der Waals surface area contributed by atoms with Crippen LogP contribution in [0, 0.1) is 5.92 Å². The number of hydrogen-bond acceptors (Lipinski definition) is 3. The molecule has 1 fully saturated rings. The van der Waals surface area contributed by atoms with E-state index in [0.29, 0.717) is 19.1 Å². The topological polar surface area (TPSA) is 35.5 Å². The van der Waals surface area contributed by atoms with E-state index in [9.17, 15) is 4.79 Å². The van der Waals surface area contributed by atoms with Gasteiger partial charge in [-0.2, -0.15) is 0 Å². The molecule has 0 N–H and O–H groups in total. The molecule has 0 saturated heterocycles. The van der Waals surface area contributed by atoms with Crippen LogP contribution < -0.4 is 4.74 Å². The predicted octanol–water partition coefficient (Wildman–Crippen LogP) is 4.25. The first kappa shape index (κ1) is 16.0. The van der Waals surface area contributed by atoms with Crippen molar-refractivity contribution in [2.45, 2.75) is 52.1 Å². The number of Topliss-reactive ketones (excluding diaryl/α,β-unsaturated/α-hetero) is 1. The van der Waals surface area contributed by atoms with Crippen LogP contribution in [0.2, 0.25) is 0 Å². The molecule has 21 heavy (non-hydrogen) atoms. The van der Waals surface area contributed by atoms with E-state index in [1.54, 1.807) is 0 Å². The highest BCUT2D eigenvalue weighted by Gasteiger charge is 2.42. The minimum atomic E-state index is -0.617. The van der Waals surface area contributed by atoms with Crippen LogP contribution in [0.15, 0.2) is 24.3 Å². The van der Waals surface area contributed by atoms with Crippen molar-refractivity contribution in [3.05, 3.63) is 29.8 Å². The summed E-state index contributed by atoms with van der Waals surface area (Å²) in [6.45, 7) is 7.38. The first-order valence-corrected chi connectivity index (χ1v) is 8.03. The maximum Gasteiger partial charge on any atom is 0.194 e. The summed E-state index contributed by atoms with van der Waals surface area (Å²) in [7, 11) is 0. The summed E-state index contributed by atoms with van der Waals surface area (Å²) in [5, 5.41) is 0. The molecule has 0 aliphatic heterocycles. The van der Waals surface area contributed by atoms with Gasteiger partial charge in [-0.15, -0.1) is 0 Å². The molecule has 0 bridgehead atoms. The summed E-state index contributed by atoms with van der Waals surface area (Å²) in [6.07, 6.45) is 3.77. The zero-order valence-electron chi connectivity index (χ0n) is 13.4. The average molecular weight is 290 g/mol. The second kappa shape index (κ2) is 7.08. The first-order valence-electron chi connectivity index (χ1n) is 8.03. The van der Waals surface area contributed by atoms with Crippen LogP contribution in [0.25, 0.3) is 0 Å². The third-order valence-electron chi connectivity index (χ3n) is 4.34. The minimum absolute atomic E-state index is 0.124. The van der Waals surface area contributed by atoms with Gasteiger partial charge >= 0.3 is 0 Å². The number of rotatable bonds is 6. The van der Waals surface area contributed by atoms with Crippen LogP contribution in [-0.2, 0) is 4.74 Å². The fraction of sp³-hybridized carbons (Fsp3) is 0.611. The molecule has 0 amide bonds. The summed E-state index contributed by atoms with van der Waals surface area (Å²) < 4.78 is 11.4. The maximum atomic E-state index is 12.9. The molecule has 0 aromatic heterocycles. The number of hydrogen-bond donors (Lipinski definition) is 0. The summed E-state index contributed by atoms with van der Waals surface area (Å²) in [5.41, 5.74) is 0.107. The van der Waals surface area contributed by atoms with E-state index in [1.165, 1.54) is 0 Å². The van der Waals surface area contributed by atoms with Gasteiger partial charge in [-0.1, -0.05) is 6.92 Å². The quantitative estimate of drug-likeness (QED) is 0.735. The molecule has 1 saturated carbocycles. The smallest absolute Gasteiger partial charge is 0.194 e. The average Bonchev–Trinajstić information content (AvgIpc) is 2.50. The lowest BCUT2D eigenvalue weighted by Crippen LogP contribution is -2.44. The van der Waals surface area contributed by atoms with E-state index in [-0.39, 0.29) is 5.78 Å². The van der Waals surface area contributed by atoms with Gasteiger partial charge in [0.25, 0.3) is 0 Å². The van der Waals surface area contributed by atoms with Crippen LogP contribution in [0.5, 0.6) is 5.75 Å². The van der Waals surface area contributed by atoms with Crippen molar-refractivity contribution >= 4 is 5.78 Å². The Kier molecular flexibility index (Phi) is 5.40. The van der Waals surface area contributed by atoms with Crippen molar-refractivity contribution in [1.82, 2.24) is 0 Å². The number of ether oxygens (including phenoxy) is 2. The third-order valence-corrected chi connectivity index (χ3v) is 4.34. The molecule has 0 unspecified atom stereocenters. The zero-order valence-corrected chi connectivity index (χ0v) is 13.4. The van der Waals surface area contributed by atoms with Gasteiger partial charge in [-0.3, -0.25) is 4.79 Å². The molecule has 1 aromatic carbocycles. The van der Waals surface area contributed by atoms with Gasteiger partial charge in [0.15, 0.2) is 5.78 Å². The molecule has 0 radical (unpaired) electrons. The predicted molar refractivity (Wildman–Crippen MR) is 83.9 cm³/mol.